The maximum absolute atomic E-state index is 14.7. The molecule has 0 bridgehead atoms. The molecular weight excluding hydrogens is 454 g/mol. The van der Waals surface area contributed by atoms with Gasteiger partial charge in [-0.05, 0) is 30.3 Å². The van der Waals surface area contributed by atoms with Crippen molar-refractivity contribution in [2.45, 2.75) is 0 Å². The summed E-state index contributed by atoms with van der Waals surface area (Å²) in [6, 6.07) is 11.1. The molecule has 2 aromatic carbocycles. The molecule has 0 amide bonds. The average molecular weight is 477 g/mol. The molecule has 12 heteroatoms. The van der Waals surface area contributed by atoms with Crippen LogP contribution in [-0.2, 0) is 14.8 Å². The summed E-state index contributed by atoms with van der Waals surface area (Å²) in [5.74, 6) is -1.52. The van der Waals surface area contributed by atoms with Gasteiger partial charge in [0.2, 0.25) is 16.0 Å². The van der Waals surface area contributed by atoms with Gasteiger partial charge in [0.1, 0.15) is 5.82 Å². The monoisotopic (exact) mass is 476 g/mol. The summed E-state index contributed by atoms with van der Waals surface area (Å²) in [5, 5.41) is 5.50. The number of nitrogens with zero attached hydrogens (tertiary/aromatic N) is 3. The van der Waals surface area contributed by atoms with Crippen molar-refractivity contribution in [3.63, 3.8) is 0 Å². The Morgan fingerprint density at radius 3 is 2.39 bits per heavy atom. The van der Waals surface area contributed by atoms with Gasteiger partial charge in [-0.25, -0.2) is 22.2 Å². The third-order valence-electron chi connectivity index (χ3n) is 4.79. The molecule has 3 N–H and O–H groups in total. The molecule has 0 radical (unpaired) electrons. The van der Waals surface area contributed by atoms with E-state index in [1.54, 1.807) is 30.3 Å². The minimum atomic E-state index is -3.55. The molecule has 1 aromatic heterocycles. The molecule has 0 spiro atoms. The predicted octanol–water partition coefficient (Wildman–Crippen LogP) is 3.45. The zero-order valence-corrected chi connectivity index (χ0v) is 18.5. The number of nitrogens with one attached hydrogen (secondary N) is 3. The zero-order chi connectivity index (χ0) is 23.4. The van der Waals surface area contributed by atoms with E-state index in [1.165, 1.54) is 12.1 Å². The summed E-state index contributed by atoms with van der Waals surface area (Å²) in [6.45, 7) is 2.53. The molecule has 9 nitrogen and oxygen atoms in total. The van der Waals surface area contributed by atoms with Crippen LogP contribution in [0.3, 0.4) is 0 Å². The largest absolute Gasteiger partial charge is 0.378 e. The van der Waals surface area contributed by atoms with Gasteiger partial charge in [0.05, 0.1) is 42.7 Å². The van der Waals surface area contributed by atoms with Crippen LogP contribution in [0, 0.1) is 11.6 Å². The molecule has 2 heterocycles. The highest BCUT2D eigenvalue weighted by molar-refractivity contribution is 7.92. The Balaban J connectivity index is 1.54. The Bertz CT molecular complexity index is 1250. The van der Waals surface area contributed by atoms with Gasteiger partial charge in [0.25, 0.3) is 0 Å². The Labute approximate surface area is 189 Å². The van der Waals surface area contributed by atoms with Crippen molar-refractivity contribution < 1.29 is 21.9 Å². The van der Waals surface area contributed by atoms with Crippen LogP contribution in [0.1, 0.15) is 0 Å². The quantitative estimate of drug-likeness (QED) is 0.476. The summed E-state index contributed by atoms with van der Waals surface area (Å²) in [4.78, 5) is 9.97. The third kappa shape index (κ3) is 5.84. The molecule has 1 saturated heterocycles. The number of anilines is 6. The van der Waals surface area contributed by atoms with Crippen LogP contribution in [-0.4, -0.2) is 50.9 Å². The number of rotatable bonds is 7. The lowest BCUT2D eigenvalue weighted by Crippen LogP contribution is -2.36. The molecule has 1 aliphatic rings. The molecular formula is C21H22F2N6O3S. The van der Waals surface area contributed by atoms with Gasteiger partial charge in [-0.2, -0.15) is 4.98 Å². The van der Waals surface area contributed by atoms with E-state index < -0.39 is 21.7 Å². The van der Waals surface area contributed by atoms with Crippen LogP contribution in [0.25, 0.3) is 0 Å². The second-order valence-corrected chi connectivity index (χ2v) is 9.07. The van der Waals surface area contributed by atoms with E-state index in [0.717, 1.165) is 18.1 Å². The fraction of sp³-hybridized carbons (Fsp3) is 0.238. The van der Waals surface area contributed by atoms with Gasteiger partial charge in [-0.15, -0.1) is 0 Å². The number of sulfonamides is 1. The van der Waals surface area contributed by atoms with E-state index in [0.29, 0.717) is 26.3 Å². The van der Waals surface area contributed by atoms with Crippen LogP contribution in [0.5, 0.6) is 0 Å². The van der Waals surface area contributed by atoms with Gasteiger partial charge in [0, 0.05) is 18.8 Å². The minimum absolute atomic E-state index is 0.0366. The van der Waals surface area contributed by atoms with Gasteiger partial charge in [-0.3, -0.25) is 4.72 Å². The van der Waals surface area contributed by atoms with Crippen LogP contribution < -0.4 is 20.3 Å². The first-order valence-electron chi connectivity index (χ1n) is 10.0. The van der Waals surface area contributed by atoms with Crippen molar-refractivity contribution >= 4 is 44.5 Å². The number of aromatic nitrogens is 2. The van der Waals surface area contributed by atoms with Crippen LogP contribution in [0.2, 0.25) is 0 Å². The van der Waals surface area contributed by atoms with Crippen molar-refractivity contribution in [3.8, 4) is 0 Å². The van der Waals surface area contributed by atoms with E-state index >= 15 is 0 Å². The standard InChI is InChI=1S/C21H22F2N6O3S/c1-33(30,31)28-19-5-3-2-4-18(19)25-20-16(23)13-24-21(27-20)26-17-7-6-14(12-15(17)22)29-8-10-32-11-9-29/h2-7,12-13,28H,8-11H2,1H3,(H2,24,25,26,27). The smallest absolute Gasteiger partial charge is 0.229 e. The fourth-order valence-corrected chi connectivity index (χ4v) is 3.84. The zero-order valence-electron chi connectivity index (χ0n) is 17.7. The average Bonchev–Trinajstić information content (AvgIpc) is 2.78. The lowest BCUT2D eigenvalue weighted by Gasteiger charge is -2.29. The van der Waals surface area contributed by atoms with E-state index in [4.69, 9.17) is 4.74 Å². The maximum atomic E-state index is 14.7. The van der Waals surface area contributed by atoms with Crippen molar-refractivity contribution in [1.29, 1.82) is 0 Å². The highest BCUT2D eigenvalue weighted by Crippen LogP contribution is 2.28. The molecule has 1 aliphatic heterocycles. The summed E-state index contributed by atoms with van der Waals surface area (Å²) >= 11 is 0. The SMILES string of the molecule is CS(=O)(=O)Nc1ccccc1Nc1nc(Nc2ccc(N3CCOCC3)cc2F)ncc1F. The van der Waals surface area contributed by atoms with Gasteiger partial charge in [-0.1, -0.05) is 12.1 Å². The highest BCUT2D eigenvalue weighted by atomic mass is 32.2. The number of ether oxygens (including phenoxy) is 1. The number of morpholine rings is 1. The molecule has 0 atom stereocenters. The first-order chi connectivity index (χ1) is 15.8. The van der Waals surface area contributed by atoms with Gasteiger partial charge in [0.15, 0.2) is 11.6 Å². The second-order valence-electron chi connectivity index (χ2n) is 7.32. The van der Waals surface area contributed by atoms with Crippen molar-refractivity contribution in [1.82, 2.24) is 9.97 Å². The lowest BCUT2D eigenvalue weighted by molar-refractivity contribution is 0.122. The fourth-order valence-electron chi connectivity index (χ4n) is 3.27. The highest BCUT2D eigenvalue weighted by Gasteiger charge is 2.15. The Hall–Kier alpha value is -3.51. The molecule has 3 aromatic rings. The summed E-state index contributed by atoms with van der Waals surface area (Å²) in [6.07, 6.45) is 1.94. The summed E-state index contributed by atoms with van der Waals surface area (Å²) in [5.41, 5.74) is 1.37. The molecule has 0 unspecified atom stereocenters. The van der Waals surface area contributed by atoms with Crippen molar-refractivity contribution in [3.05, 3.63) is 60.3 Å². The topological polar surface area (TPSA) is 108 Å². The molecule has 33 heavy (non-hydrogen) atoms. The number of para-hydroxylation sites is 2. The lowest BCUT2D eigenvalue weighted by atomic mass is 10.2. The van der Waals surface area contributed by atoms with E-state index in [1.807, 2.05) is 4.90 Å². The van der Waals surface area contributed by atoms with Crippen molar-refractivity contribution in [2.75, 3.05) is 52.8 Å². The predicted molar refractivity (Wildman–Crippen MR) is 123 cm³/mol. The second kappa shape index (κ2) is 9.55. The molecule has 0 aliphatic carbocycles. The normalized spacial score (nSPS) is 14.1. The Morgan fingerprint density at radius 1 is 0.970 bits per heavy atom. The molecule has 174 valence electrons. The van der Waals surface area contributed by atoms with Crippen molar-refractivity contribution in [2.24, 2.45) is 0 Å². The van der Waals surface area contributed by atoms with Gasteiger partial charge >= 0.3 is 0 Å². The first-order valence-corrected chi connectivity index (χ1v) is 11.9. The van der Waals surface area contributed by atoms with E-state index in [2.05, 4.69) is 25.3 Å². The van der Waals surface area contributed by atoms with Crippen LogP contribution in [0.15, 0.2) is 48.7 Å². The van der Waals surface area contributed by atoms with E-state index in [9.17, 15) is 17.2 Å². The number of hydrogen-bond donors (Lipinski definition) is 3. The molecule has 4 rings (SSSR count). The number of hydrogen-bond acceptors (Lipinski definition) is 8. The number of halogens is 2. The number of benzene rings is 2. The Kier molecular flexibility index (Phi) is 6.56. The summed E-state index contributed by atoms with van der Waals surface area (Å²) in [7, 11) is -3.55. The van der Waals surface area contributed by atoms with Crippen LogP contribution >= 0.6 is 0 Å². The van der Waals surface area contributed by atoms with Crippen LogP contribution in [0.4, 0.5) is 43.3 Å². The maximum Gasteiger partial charge on any atom is 0.229 e. The first kappa shape index (κ1) is 22.7. The molecule has 1 fully saturated rings. The minimum Gasteiger partial charge on any atom is -0.378 e. The summed E-state index contributed by atoms with van der Waals surface area (Å²) < 4.78 is 59.9. The third-order valence-corrected chi connectivity index (χ3v) is 5.39. The molecule has 0 saturated carbocycles. The Morgan fingerprint density at radius 2 is 1.70 bits per heavy atom. The van der Waals surface area contributed by atoms with Gasteiger partial charge < -0.3 is 20.3 Å². The van der Waals surface area contributed by atoms with E-state index in [-0.39, 0.29) is 28.8 Å².